The van der Waals surface area contributed by atoms with Crippen molar-refractivity contribution in [1.29, 1.82) is 0 Å². The molecule has 96 valence electrons. The molecule has 1 aromatic rings. The molecule has 8 heteroatoms. The molecule has 0 bridgehead atoms. The number of hydrogen-bond acceptors (Lipinski definition) is 6. The minimum absolute atomic E-state index is 0.0909. The molecule has 0 aliphatic heterocycles. The lowest BCUT2D eigenvalue weighted by atomic mass is 10.5. The van der Waals surface area contributed by atoms with E-state index in [9.17, 15) is 4.79 Å². The quantitative estimate of drug-likeness (QED) is 0.571. The van der Waals surface area contributed by atoms with Crippen molar-refractivity contribution in [2.24, 2.45) is 0 Å². The topological polar surface area (TPSA) is 94.0 Å². The Morgan fingerprint density at radius 3 is 2.82 bits per heavy atom. The number of carbonyl (C=O) groups is 1. The van der Waals surface area contributed by atoms with Gasteiger partial charge in [-0.15, -0.1) is 10.2 Å². The molecule has 0 aliphatic rings. The van der Waals surface area contributed by atoms with Crippen LogP contribution in [0.2, 0.25) is 0 Å². The summed E-state index contributed by atoms with van der Waals surface area (Å²) in [5.74, 6) is 6.86. The van der Waals surface area contributed by atoms with Crippen molar-refractivity contribution in [3.05, 3.63) is 5.82 Å². The molecule has 0 unspecified atom stereocenters. The third-order valence-electron chi connectivity index (χ3n) is 1.83. The van der Waals surface area contributed by atoms with Gasteiger partial charge >= 0.3 is 5.97 Å². The molecular formula is C9H16N4O2S2. The van der Waals surface area contributed by atoms with Crippen LogP contribution in [0.3, 0.4) is 0 Å². The smallest absolute Gasteiger partial charge is 0.304 e. The highest BCUT2D eigenvalue weighted by Crippen LogP contribution is 2.19. The van der Waals surface area contributed by atoms with Crippen molar-refractivity contribution in [1.82, 2.24) is 14.9 Å². The Balaban J connectivity index is 2.48. The number of nitrogens with zero attached hydrogens (tertiary/aromatic N) is 3. The molecule has 0 fully saturated rings. The number of rotatable bonds is 7. The largest absolute Gasteiger partial charge is 0.481 e. The minimum atomic E-state index is -0.823. The predicted octanol–water partition coefficient (Wildman–Crippen LogP) is 1.20. The van der Waals surface area contributed by atoms with Gasteiger partial charge in [-0.3, -0.25) is 4.79 Å². The SMILES string of the molecule is CC(C)SCc1nnc(SCCC(=O)O)n1N. The van der Waals surface area contributed by atoms with Gasteiger partial charge in [0, 0.05) is 5.75 Å². The Kier molecular flexibility index (Phi) is 5.63. The summed E-state index contributed by atoms with van der Waals surface area (Å²) in [5, 5.41) is 17.5. The van der Waals surface area contributed by atoms with Crippen LogP contribution in [0.4, 0.5) is 0 Å². The second kappa shape index (κ2) is 6.75. The van der Waals surface area contributed by atoms with Gasteiger partial charge in [0.25, 0.3) is 0 Å². The first-order valence-electron chi connectivity index (χ1n) is 5.16. The zero-order valence-corrected chi connectivity index (χ0v) is 11.4. The number of nitrogens with two attached hydrogens (primary N) is 1. The van der Waals surface area contributed by atoms with Crippen LogP contribution in [0.5, 0.6) is 0 Å². The van der Waals surface area contributed by atoms with Gasteiger partial charge in [0.15, 0.2) is 5.82 Å². The van der Waals surface area contributed by atoms with Crippen LogP contribution in [0, 0.1) is 0 Å². The molecule has 1 heterocycles. The second-order valence-electron chi connectivity index (χ2n) is 3.62. The summed E-state index contributed by atoms with van der Waals surface area (Å²) < 4.78 is 1.43. The summed E-state index contributed by atoms with van der Waals surface area (Å²) in [6.07, 6.45) is 0.0909. The van der Waals surface area contributed by atoms with Crippen LogP contribution < -0.4 is 5.84 Å². The molecule has 0 spiro atoms. The summed E-state index contributed by atoms with van der Waals surface area (Å²) in [5.41, 5.74) is 0. The van der Waals surface area contributed by atoms with Crippen LogP contribution in [0.25, 0.3) is 0 Å². The lowest BCUT2D eigenvalue weighted by Gasteiger charge is -2.04. The monoisotopic (exact) mass is 276 g/mol. The first-order valence-corrected chi connectivity index (χ1v) is 7.19. The van der Waals surface area contributed by atoms with Crippen LogP contribution >= 0.6 is 23.5 Å². The van der Waals surface area contributed by atoms with Gasteiger partial charge in [-0.25, -0.2) is 4.68 Å². The summed E-state index contributed by atoms with van der Waals surface area (Å²) in [7, 11) is 0. The number of carboxylic acid groups (broad SMARTS) is 1. The highest BCUT2D eigenvalue weighted by atomic mass is 32.2. The van der Waals surface area contributed by atoms with Crippen molar-refractivity contribution in [2.45, 2.75) is 36.4 Å². The standard InChI is InChI=1S/C9H16N4O2S2/c1-6(2)17-5-7-11-12-9(13(7)10)16-4-3-8(14)15/h6H,3-5,10H2,1-2H3,(H,14,15). The van der Waals surface area contributed by atoms with Gasteiger partial charge in [-0.2, -0.15) is 11.8 Å². The Labute approximate surface area is 108 Å². The van der Waals surface area contributed by atoms with Crippen molar-refractivity contribution in [3.63, 3.8) is 0 Å². The highest BCUT2D eigenvalue weighted by Gasteiger charge is 2.11. The first kappa shape index (κ1) is 14.2. The molecule has 3 N–H and O–H groups in total. The van der Waals surface area contributed by atoms with Crippen molar-refractivity contribution < 1.29 is 9.90 Å². The van der Waals surface area contributed by atoms with Crippen LogP contribution in [0.15, 0.2) is 5.16 Å². The minimum Gasteiger partial charge on any atom is -0.481 e. The lowest BCUT2D eigenvalue weighted by molar-refractivity contribution is -0.136. The van der Waals surface area contributed by atoms with E-state index in [4.69, 9.17) is 10.9 Å². The third-order valence-corrected chi connectivity index (χ3v) is 3.86. The lowest BCUT2D eigenvalue weighted by Crippen LogP contribution is -2.14. The molecule has 0 amide bonds. The molecular weight excluding hydrogens is 260 g/mol. The van der Waals surface area contributed by atoms with E-state index < -0.39 is 5.97 Å². The highest BCUT2D eigenvalue weighted by molar-refractivity contribution is 7.99. The fourth-order valence-corrected chi connectivity index (χ4v) is 2.46. The van der Waals surface area contributed by atoms with Gasteiger partial charge in [-0.1, -0.05) is 25.6 Å². The number of carboxylic acids is 1. The molecule has 17 heavy (non-hydrogen) atoms. The molecule has 0 aromatic carbocycles. The molecule has 0 atom stereocenters. The van der Waals surface area contributed by atoms with E-state index in [1.54, 1.807) is 11.8 Å². The van der Waals surface area contributed by atoms with E-state index in [2.05, 4.69) is 24.0 Å². The summed E-state index contributed by atoms with van der Waals surface area (Å²) in [6.45, 7) is 4.20. The molecule has 0 aliphatic carbocycles. The molecule has 0 saturated carbocycles. The maximum Gasteiger partial charge on any atom is 0.304 e. The van der Waals surface area contributed by atoms with Gasteiger partial charge in [0.2, 0.25) is 5.16 Å². The third kappa shape index (κ3) is 4.86. The number of aliphatic carboxylic acids is 1. The van der Waals surface area contributed by atoms with Gasteiger partial charge in [0.1, 0.15) is 0 Å². The van der Waals surface area contributed by atoms with E-state index >= 15 is 0 Å². The Bertz CT molecular complexity index is 381. The van der Waals surface area contributed by atoms with Crippen LogP contribution in [-0.2, 0) is 10.5 Å². The van der Waals surface area contributed by atoms with Crippen molar-refractivity contribution in [2.75, 3.05) is 11.6 Å². The fourth-order valence-electron chi connectivity index (χ4n) is 0.975. The van der Waals surface area contributed by atoms with Crippen molar-refractivity contribution in [3.8, 4) is 0 Å². The molecule has 0 radical (unpaired) electrons. The molecule has 6 nitrogen and oxygen atoms in total. The Morgan fingerprint density at radius 2 is 2.24 bits per heavy atom. The zero-order chi connectivity index (χ0) is 12.8. The maximum atomic E-state index is 10.4. The van der Waals surface area contributed by atoms with Crippen LogP contribution in [0.1, 0.15) is 26.1 Å². The van der Waals surface area contributed by atoms with Gasteiger partial charge < -0.3 is 10.9 Å². The summed E-state index contributed by atoms with van der Waals surface area (Å²) in [6, 6.07) is 0. The number of hydrogen-bond donors (Lipinski definition) is 2. The van der Waals surface area contributed by atoms with Crippen molar-refractivity contribution >= 4 is 29.5 Å². The Morgan fingerprint density at radius 1 is 1.53 bits per heavy atom. The van der Waals surface area contributed by atoms with Crippen LogP contribution in [-0.4, -0.2) is 37.0 Å². The molecule has 0 saturated heterocycles. The molecule has 1 rings (SSSR count). The average molecular weight is 276 g/mol. The summed E-state index contributed by atoms with van der Waals surface area (Å²) >= 11 is 3.04. The van der Waals surface area contributed by atoms with E-state index in [0.717, 1.165) is 0 Å². The fraction of sp³-hybridized carbons (Fsp3) is 0.667. The molecule has 1 aromatic heterocycles. The predicted molar refractivity (Wildman–Crippen MR) is 69.6 cm³/mol. The van der Waals surface area contributed by atoms with Gasteiger partial charge in [-0.05, 0) is 5.25 Å². The van der Waals surface area contributed by atoms with E-state index in [1.165, 1.54) is 16.4 Å². The Hall–Kier alpha value is -0.890. The van der Waals surface area contributed by atoms with E-state index in [1.807, 2.05) is 0 Å². The van der Waals surface area contributed by atoms with Gasteiger partial charge in [0.05, 0.1) is 12.2 Å². The normalized spacial score (nSPS) is 11.0. The maximum absolute atomic E-state index is 10.4. The number of aromatic nitrogens is 3. The summed E-state index contributed by atoms with van der Waals surface area (Å²) in [4.78, 5) is 10.4. The first-order chi connectivity index (χ1) is 8.00. The van der Waals surface area contributed by atoms with E-state index in [0.29, 0.717) is 27.7 Å². The number of thioether (sulfide) groups is 2. The zero-order valence-electron chi connectivity index (χ0n) is 9.79. The van der Waals surface area contributed by atoms with E-state index in [-0.39, 0.29) is 6.42 Å². The average Bonchev–Trinajstić information content (AvgIpc) is 2.57. The second-order valence-corrected chi connectivity index (χ2v) is 6.25. The number of nitrogen functional groups attached to an aromatic ring is 1.